The summed E-state index contributed by atoms with van der Waals surface area (Å²) in [5.41, 5.74) is 0. The van der Waals surface area contributed by atoms with Crippen molar-refractivity contribution in [1.82, 2.24) is 0 Å². The summed E-state index contributed by atoms with van der Waals surface area (Å²) in [6.45, 7) is -0.250. The van der Waals surface area contributed by atoms with Gasteiger partial charge in [-0.3, -0.25) is 0 Å². The van der Waals surface area contributed by atoms with Crippen LogP contribution >= 0.6 is 7.82 Å². The third-order valence-corrected chi connectivity index (χ3v) is 1.82. The van der Waals surface area contributed by atoms with E-state index in [2.05, 4.69) is 0 Å². The van der Waals surface area contributed by atoms with Gasteiger partial charge in [0, 0.05) is 0 Å². The van der Waals surface area contributed by atoms with Crippen LogP contribution in [0.1, 0.15) is 0 Å². The smallest absolute Gasteiger partial charge is 0.457 e. The van der Waals surface area contributed by atoms with Crippen LogP contribution in [0.4, 0.5) is 0 Å². The van der Waals surface area contributed by atoms with Gasteiger partial charge in [-0.05, 0) is 24.3 Å². The molecule has 2 rings (SSSR count). The number of phosphoric acid groups is 1. The average molecular weight is 330 g/mol. The second kappa shape index (κ2) is 11.9. The Balaban J connectivity index is 0.000000411. The fourth-order valence-corrected chi connectivity index (χ4v) is 1.11. The third kappa shape index (κ3) is 14.7. The van der Waals surface area contributed by atoms with Gasteiger partial charge >= 0.3 is 7.82 Å². The molecule has 0 spiro atoms. The van der Waals surface area contributed by atoms with Crippen LogP contribution in [0.2, 0.25) is 0 Å². The molecule has 0 saturated heterocycles. The molecular formula is C14H19O7P. The summed E-state index contributed by atoms with van der Waals surface area (Å²) in [5, 5.41) is 15.2. The van der Waals surface area contributed by atoms with Gasteiger partial charge in [-0.1, -0.05) is 36.4 Å². The van der Waals surface area contributed by atoms with E-state index in [-0.39, 0.29) is 13.2 Å². The molecule has 0 fully saturated rings. The first kappa shape index (κ1) is 20.3. The third-order valence-electron chi connectivity index (χ3n) is 1.82. The number of aliphatic hydroxyl groups is 2. The lowest BCUT2D eigenvalue weighted by Crippen LogP contribution is -1.85. The largest absolute Gasteiger partial charge is 0.466 e. The van der Waals surface area contributed by atoms with E-state index in [1.54, 1.807) is 0 Å². The van der Waals surface area contributed by atoms with Crippen LogP contribution < -0.4 is 4.74 Å². The Kier molecular flexibility index (Phi) is 10.9. The average Bonchev–Trinajstić information content (AvgIpc) is 2.48. The van der Waals surface area contributed by atoms with E-state index in [0.29, 0.717) is 0 Å². The summed E-state index contributed by atoms with van der Waals surface area (Å²) >= 11 is 0. The lowest BCUT2D eigenvalue weighted by Gasteiger charge is -2.03. The molecule has 5 N–H and O–H groups in total. The van der Waals surface area contributed by atoms with Gasteiger partial charge in [0.2, 0.25) is 0 Å². The molecule has 8 heteroatoms. The molecule has 0 radical (unpaired) electrons. The maximum atomic E-state index is 8.88. The summed E-state index contributed by atoms with van der Waals surface area (Å²) in [4.78, 5) is 21.6. The van der Waals surface area contributed by atoms with Crippen molar-refractivity contribution in [3.8, 4) is 11.5 Å². The van der Waals surface area contributed by atoms with E-state index in [1.165, 1.54) is 0 Å². The molecule has 0 aliphatic carbocycles. The Morgan fingerprint density at radius 2 is 1.00 bits per heavy atom. The van der Waals surface area contributed by atoms with Gasteiger partial charge < -0.3 is 29.6 Å². The van der Waals surface area contributed by atoms with Crippen molar-refractivity contribution < 1.29 is 34.2 Å². The fourth-order valence-electron chi connectivity index (χ4n) is 1.11. The Labute approximate surface area is 128 Å². The van der Waals surface area contributed by atoms with Crippen molar-refractivity contribution in [2.24, 2.45) is 0 Å². The van der Waals surface area contributed by atoms with Gasteiger partial charge in [0.05, 0.1) is 13.2 Å². The van der Waals surface area contributed by atoms with E-state index in [0.717, 1.165) is 11.5 Å². The second-order valence-corrected chi connectivity index (χ2v) is 4.72. The zero-order valence-electron chi connectivity index (χ0n) is 11.7. The predicted molar refractivity (Wildman–Crippen MR) is 81.4 cm³/mol. The van der Waals surface area contributed by atoms with Crippen molar-refractivity contribution in [3.05, 3.63) is 60.7 Å². The summed E-state index contributed by atoms with van der Waals surface area (Å²) < 4.78 is 14.5. The number of rotatable bonds is 3. The van der Waals surface area contributed by atoms with Crippen LogP contribution in [0.5, 0.6) is 11.5 Å². The molecule has 7 nitrogen and oxygen atoms in total. The Bertz CT molecular complexity index is 480. The van der Waals surface area contributed by atoms with E-state index >= 15 is 0 Å². The zero-order chi connectivity index (χ0) is 16.8. The van der Waals surface area contributed by atoms with Gasteiger partial charge in [-0.15, -0.1) is 0 Å². The van der Waals surface area contributed by atoms with Gasteiger partial charge in [0.15, 0.2) is 0 Å². The number of para-hydroxylation sites is 2. The molecule has 0 bridgehead atoms. The minimum Gasteiger partial charge on any atom is -0.457 e. The summed E-state index contributed by atoms with van der Waals surface area (Å²) in [6.07, 6.45) is 0. The van der Waals surface area contributed by atoms with E-state index in [1.807, 2.05) is 60.7 Å². The first-order valence-corrected chi connectivity index (χ1v) is 7.71. The first-order chi connectivity index (χ1) is 10.4. The highest BCUT2D eigenvalue weighted by atomic mass is 31.2. The topological polar surface area (TPSA) is 127 Å². The highest BCUT2D eigenvalue weighted by Gasteiger charge is 2.00. The lowest BCUT2D eigenvalue weighted by atomic mass is 10.3. The van der Waals surface area contributed by atoms with Gasteiger partial charge in [-0.2, -0.15) is 0 Å². The van der Waals surface area contributed by atoms with Crippen LogP contribution in [0.25, 0.3) is 0 Å². The maximum Gasteiger partial charge on any atom is 0.466 e. The molecule has 0 aromatic heterocycles. The molecule has 0 atom stereocenters. The second-order valence-electron chi connectivity index (χ2n) is 3.69. The molecule has 2 aromatic carbocycles. The minimum atomic E-state index is -4.64. The van der Waals surface area contributed by atoms with E-state index in [4.69, 9.17) is 34.2 Å². The Morgan fingerprint density at radius 3 is 1.23 bits per heavy atom. The van der Waals surface area contributed by atoms with E-state index < -0.39 is 7.82 Å². The first-order valence-electron chi connectivity index (χ1n) is 6.14. The van der Waals surface area contributed by atoms with Crippen LogP contribution in [-0.2, 0) is 4.57 Å². The molecule has 0 heterocycles. The lowest BCUT2D eigenvalue weighted by molar-refractivity contribution is 0.186. The number of hydrogen-bond donors (Lipinski definition) is 5. The SMILES string of the molecule is O=P(O)(O)O.OCCO.c1ccc(Oc2ccccc2)cc1. The van der Waals surface area contributed by atoms with Crippen LogP contribution in [0.3, 0.4) is 0 Å². The van der Waals surface area contributed by atoms with E-state index in [9.17, 15) is 0 Å². The van der Waals surface area contributed by atoms with Crippen molar-refractivity contribution in [2.45, 2.75) is 0 Å². The van der Waals surface area contributed by atoms with Crippen molar-refractivity contribution in [3.63, 3.8) is 0 Å². The van der Waals surface area contributed by atoms with Crippen molar-refractivity contribution in [2.75, 3.05) is 13.2 Å². The molecule has 22 heavy (non-hydrogen) atoms. The van der Waals surface area contributed by atoms with Crippen LogP contribution in [-0.4, -0.2) is 38.1 Å². The zero-order valence-corrected chi connectivity index (χ0v) is 12.6. The molecule has 0 unspecified atom stereocenters. The molecule has 0 aliphatic rings. The summed E-state index contributed by atoms with van der Waals surface area (Å²) in [6, 6.07) is 19.5. The Morgan fingerprint density at radius 1 is 0.727 bits per heavy atom. The molecule has 0 aliphatic heterocycles. The molecule has 0 amide bonds. The molecule has 0 saturated carbocycles. The number of aliphatic hydroxyl groups excluding tert-OH is 2. The molecule has 122 valence electrons. The molecular weight excluding hydrogens is 311 g/mol. The summed E-state index contributed by atoms with van der Waals surface area (Å²) in [5.74, 6) is 1.74. The van der Waals surface area contributed by atoms with Crippen LogP contribution in [0.15, 0.2) is 60.7 Å². The summed E-state index contributed by atoms with van der Waals surface area (Å²) in [7, 11) is -4.64. The standard InChI is InChI=1S/C12H10O.C2H6O2.H3O4P/c1-3-7-11(8-4-1)13-12-9-5-2-6-10-12;3-1-2-4;1-5(2,3)4/h1-10H;3-4H,1-2H2;(H3,1,2,3,4). The quantitative estimate of drug-likeness (QED) is 0.540. The van der Waals surface area contributed by atoms with Gasteiger partial charge in [-0.25, -0.2) is 4.57 Å². The monoisotopic (exact) mass is 330 g/mol. The Hall–Kier alpha value is -1.73. The number of benzene rings is 2. The molecule has 2 aromatic rings. The highest BCUT2D eigenvalue weighted by Crippen LogP contribution is 2.25. The van der Waals surface area contributed by atoms with Gasteiger partial charge in [0.1, 0.15) is 11.5 Å². The highest BCUT2D eigenvalue weighted by molar-refractivity contribution is 7.45. The van der Waals surface area contributed by atoms with Crippen molar-refractivity contribution >= 4 is 7.82 Å². The predicted octanol–water partition coefficient (Wildman–Crippen LogP) is 1.52. The maximum absolute atomic E-state index is 8.88. The fraction of sp³-hybridized carbons (Fsp3) is 0.143. The van der Waals surface area contributed by atoms with Gasteiger partial charge in [0.25, 0.3) is 0 Å². The normalized spacial score (nSPS) is 9.68. The minimum absolute atomic E-state index is 0.125. The number of ether oxygens (including phenoxy) is 1. The number of hydrogen-bond acceptors (Lipinski definition) is 4. The van der Waals surface area contributed by atoms with Crippen molar-refractivity contribution in [1.29, 1.82) is 0 Å². The van der Waals surface area contributed by atoms with Crippen LogP contribution in [0, 0.1) is 0 Å².